The lowest BCUT2D eigenvalue weighted by Crippen LogP contribution is -2.39. The molecule has 0 saturated carbocycles. The van der Waals surface area contributed by atoms with Crippen molar-refractivity contribution in [1.82, 2.24) is 4.57 Å². The predicted octanol–water partition coefficient (Wildman–Crippen LogP) is 3.54. The number of aromatic nitrogens is 1. The molecule has 0 bridgehead atoms. The van der Waals surface area contributed by atoms with Gasteiger partial charge in [-0.3, -0.25) is 19.5 Å². The lowest BCUT2D eigenvalue weighted by molar-refractivity contribution is -0.385. The number of ether oxygens (including phenoxy) is 1. The first-order chi connectivity index (χ1) is 17.1. The van der Waals surface area contributed by atoms with Gasteiger partial charge in [0.05, 0.1) is 33.4 Å². The zero-order valence-corrected chi connectivity index (χ0v) is 21.0. The second-order valence-corrected chi connectivity index (χ2v) is 9.64. The normalized spacial score (nSPS) is 15.6. The molecular weight excluding hydrogens is 482 g/mol. The van der Waals surface area contributed by atoms with Crippen LogP contribution in [0.25, 0.3) is 6.08 Å². The van der Waals surface area contributed by atoms with Crippen LogP contribution in [-0.2, 0) is 9.53 Å². The van der Waals surface area contributed by atoms with Gasteiger partial charge in [-0.1, -0.05) is 55.5 Å². The van der Waals surface area contributed by atoms with Crippen LogP contribution in [0.4, 0.5) is 5.69 Å². The first-order valence-corrected chi connectivity index (χ1v) is 12.2. The minimum absolute atomic E-state index is 0.179. The summed E-state index contributed by atoms with van der Waals surface area (Å²) < 4.78 is 7.06. The van der Waals surface area contributed by atoms with Crippen molar-refractivity contribution in [2.75, 3.05) is 6.61 Å². The molecule has 3 aromatic rings. The fourth-order valence-corrected chi connectivity index (χ4v) is 5.14. The monoisotopic (exact) mass is 507 g/mol. The molecule has 0 radical (unpaired) electrons. The maximum absolute atomic E-state index is 13.6. The Hall–Kier alpha value is -4.05. The first kappa shape index (κ1) is 25.1. The van der Waals surface area contributed by atoms with E-state index in [1.807, 2.05) is 24.3 Å². The van der Waals surface area contributed by atoms with Crippen LogP contribution in [0.3, 0.4) is 0 Å². The number of nitrogens with zero attached hydrogens (tertiary/aromatic N) is 3. The van der Waals surface area contributed by atoms with Gasteiger partial charge in [0, 0.05) is 6.07 Å². The van der Waals surface area contributed by atoms with Gasteiger partial charge in [-0.05, 0) is 48.6 Å². The largest absolute Gasteiger partial charge is 0.502 e. The van der Waals surface area contributed by atoms with Crippen LogP contribution < -0.4 is 14.9 Å². The minimum Gasteiger partial charge on any atom is -0.502 e. The standard InChI is InChI=1S/C26H25N3O6S/c1-5-35-25(32)22-15(4)27-26-28(23(22)18-9-7-17(8-10-18)14(2)3)24(31)21(36-26)13-16-6-11-20(30)19(12-16)29(33)34/h6-14,23,30H,5H2,1-4H3/b21-13-. The fourth-order valence-electron chi connectivity index (χ4n) is 4.10. The summed E-state index contributed by atoms with van der Waals surface area (Å²) in [5.74, 6) is -0.685. The van der Waals surface area contributed by atoms with Crippen molar-refractivity contribution in [2.45, 2.75) is 39.7 Å². The summed E-state index contributed by atoms with van der Waals surface area (Å²) in [5.41, 5.74) is 2.14. The Morgan fingerprint density at radius 2 is 1.97 bits per heavy atom. The summed E-state index contributed by atoms with van der Waals surface area (Å²) in [6.45, 7) is 7.77. The molecule has 1 aliphatic rings. The smallest absolute Gasteiger partial charge is 0.338 e. The number of nitro benzene ring substituents is 1. The van der Waals surface area contributed by atoms with E-state index in [2.05, 4.69) is 18.8 Å². The maximum Gasteiger partial charge on any atom is 0.338 e. The van der Waals surface area contributed by atoms with Crippen LogP contribution in [0.15, 0.2) is 63.5 Å². The molecule has 0 amide bonds. The highest BCUT2D eigenvalue weighted by Gasteiger charge is 2.33. The summed E-state index contributed by atoms with van der Waals surface area (Å²) in [5, 5.41) is 21.0. The average molecular weight is 508 g/mol. The number of phenols is 1. The van der Waals surface area contributed by atoms with E-state index in [0.29, 0.717) is 22.0 Å². The number of fused-ring (bicyclic) bond motifs is 1. The molecule has 0 spiro atoms. The van der Waals surface area contributed by atoms with Gasteiger partial charge in [-0.25, -0.2) is 9.79 Å². The SMILES string of the molecule is CCOC(=O)C1=C(C)N=c2s/c(=C\c3ccc(O)c([N+](=O)[O-])c3)c(=O)n2C1c1ccc(C(C)C)cc1. The number of rotatable bonds is 6. The number of carbonyl (C=O) groups is 1. The number of allylic oxidation sites excluding steroid dienone is 1. The molecule has 10 heteroatoms. The quantitative estimate of drug-likeness (QED) is 0.309. The van der Waals surface area contributed by atoms with E-state index in [1.165, 1.54) is 28.8 Å². The summed E-state index contributed by atoms with van der Waals surface area (Å²) in [6, 6.07) is 10.9. The van der Waals surface area contributed by atoms with E-state index in [9.17, 15) is 24.8 Å². The molecule has 1 aliphatic heterocycles. The van der Waals surface area contributed by atoms with Crippen LogP contribution in [0.5, 0.6) is 5.75 Å². The fraction of sp³-hybridized carbons (Fsp3) is 0.269. The van der Waals surface area contributed by atoms with E-state index in [0.717, 1.165) is 22.5 Å². The van der Waals surface area contributed by atoms with Crippen molar-refractivity contribution in [2.24, 2.45) is 4.99 Å². The summed E-state index contributed by atoms with van der Waals surface area (Å²) in [6.07, 6.45) is 1.51. The van der Waals surface area contributed by atoms with E-state index < -0.39 is 28.4 Å². The van der Waals surface area contributed by atoms with Crippen LogP contribution in [-0.4, -0.2) is 27.2 Å². The second-order valence-electron chi connectivity index (χ2n) is 8.63. The molecule has 1 unspecified atom stereocenters. The Bertz CT molecular complexity index is 1560. The Labute approximate surface area is 210 Å². The van der Waals surface area contributed by atoms with Gasteiger partial charge >= 0.3 is 11.7 Å². The van der Waals surface area contributed by atoms with Crippen molar-refractivity contribution < 1.29 is 19.6 Å². The molecule has 0 fully saturated rings. The van der Waals surface area contributed by atoms with Gasteiger partial charge in [-0.15, -0.1) is 0 Å². The molecule has 0 saturated heterocycles. The summed E-state index contributed by atoms with van der Waals surface area (Å²) in [7, 11) is 0. The predicted molar refractivity (Wildman–Crippen MR) is 136 cm³/mol. The second kappa shape index (κ2) is 9.90. The van der Waals surface area contributed by atoms with Gasteiger partial charge in [0.2, 0.25) is 0 Å². The third-order valence-corrected chi connectivity index (χ3v) is 6.91. The average Bonchev–Trinajstić information content (AvgIpc) is 3.13. The molecule has 1 aromatic heterocycles. The molecule has 1 atom stereocenters. The van der Waals surface area contributed by atoms with E-state index in [-0.39, 0.29) is 22.3 Å². The lowest BCUT2D eigenvalue weighted by atomic mass is 9.93. The molecule has 4 rings (SSSR count). The first-order valence-electron chi connectivity index (χ1n) is 11.4. The Balaban J connectivity index is 1.93. The molecular formula is C26H25N3O6S. The number of carbonyl (C=O) groups excluding carboxylic acids is 1. The molecule has 0 aliphatic carbocycles. The highest BCUT2D eigenvalue weighted by molar-refractivity contribution is 7.07. The zero-order valence-electron chi connectivity index (χ0n) is 20.2. The number of thiazole rings is 1. The molecule has 36 heavy (non-hydrogen) atoms. The summed E-state index contributed by atoms with van der Waals surface area (Å²) in [4.78, 5) is 42.0. The van der Waals surface area contributed by atoms with Crippen molar-refractivity contribution >= 4 is 29.1 Å². The Kier molecular flexibility index (Phi) is 6.89. The zero-order chi connectivity index (χ0) is 26.1. The molecule has 2 heterocycles. The highest BCUT2D eigenvalue weighted by Crippen LogP contribution is 2.32. The topological polar surface area (TPSA) is 124 Å². The van der Waals surface area contributed by atoms with Gasteiger partial charge < -0.3 is 9.84 Å². The number of phenolic OH excluding ortho intramolecular Hbond substituents is 1. The maximum atomic E-state index is 13.6. The van der Waals surface area contributed by atoms with Crippen LogP contribution in [0.2, 0.25) is 0 Å². The van der Waals surface area contributed by atoms with Gasteiger partial charge in [0.15, 0.2) is 10.6 Å². The van der Waals surface area contributed by atoms with E-state index in [4.69, 9.17) is 4.74 Å². The van der Waals surface area contributed by atoms with Crippen LogP contribution in [0, 0.1) is 10.1 Å². The summed E-state index contributed by atoms with van der Waals surface area (Å²) >= 11 is 1.12. The number of esters is 1. The lowest BCUT2D eigenvalue weighted by Gasteiger charge is -2.25. The van der Waals surface area contributed by atoms with Crippen molar-refractivity contribution in [3.8, 4) is 5.75 Å². The van der Waals surface area contributed by atoms with Crippen molar-refractivity contribution in [3.05, 3.63) is 100 Å². The highest BCUT2D eigenvalue weighted by atomic mass is 32.1. The number of aromatic hydroxyl groups is 1. The molecule has 186 valence electrons. The Morgan fingerprint density at radius 3 is 2.58 bits per heavy atom. The van der Waals surface area contributed by atoms with Gasteiger partial charge in [0.25, 0.3) is 5.56 Å². The third kappa shape index (κ3) is 4.59. The number of benzene rings is 2. The van der Waals surface area contributed by atoms with Gasteiger partial charge in [-0.2, -0.15) is 0 Å². The number of hydrogen-bond donors (Lipinski definition) is 1. The van der Waals surface area contributed by atoms with E-state index >= 15 is 0 Å². The van der Waals surface area contributed by atoms with Crippen molar-refractivity contribution in [1.29, 1.82) is 0 Å². The Morgan fingerprint density at radius 1 is 1.28 bits per heavy atom. The minimum atomic E-state index is -0.738. The van der Waals surface area contributed by atoms with Crippen molar-refractivity contribution in [3.63, 3.8) is 0 Å². The number of hydrogen-bond acceptors (Lipinski definition) is 8. The number of nitro groups is 1. The van der Waals surface area contributed by atoms with E-state index in [1.54, 1.807) is 13.8 Å². The molecule has 2 aromatic carbocycles. The van der Waals surface area contributed by atoms with Crippen LogP contribution >= 0.6 is 11.3 Å². The van der Waals surface area contributed by atoms with Crippen LogP contribution in [0.1, 0.15) is 56.3 Å². The third-order valence-electron chi connectivity index (χ3n) is 5.93. The molecule has 9 nitrogen and oxygen atoms in total. The van der Waals surface area contributed by atoms with Gasteiger partial charge in [0.1, 0.15) is 0 Å². The molecule has 1 N–H and O–H groups in total.